The number of nitrogens with one attached hydrogen (secondary N) is 1. The van der Waals surface area contributed by atoms with Gasteiger partial charge in [-0.3, -0.25) is 4.79 Å². The second kappa shape index (κ2) is 7.46. The van der Waals surface area contributed by atoms with Crippen molar-refractivity contribution in [2.24, 2.45) is 5.73 Å². The maximum absolute atomic E-state index is 11.4. The second-order valence-corrected chi connectivity index (χ2v) is 5.64. The quantitative estimate of drug-likeness (QED) is 0.811. The molecule has 1 amide bonds. The fourth-order valence-electron chi connectivity index (χ4n) is 2.95. The number of fused-ring (bicyclic) bond motifs is 1. The lowest BCUT2D eigenvalue weighted by atomic mass is 9.87. The molecule has 0 heterocycles. The van der Waals surface area contributed by atoms with Gasteiger partial charge in [0.05, 0.1) is 0 Å². The van der Waals surface area contributed by atoms with Crippen molar-refractivity contribution >= 4 is 5.91 Å². The number of ether oxygens (including phenoxy) is 1. The molecule has 2 unspecified atom stereocenters. The third-order valence-corrected chi connectivity index (χ3v) is 4.06. The summed E-state index contributed by atoms with van der Waals surface area (Å²) in [6, 6.07) is 6.52. The standard InChI is InChI=1S/C17H26N2O2/c1-3-11-19-14-9-5-8-13-12(14)7-6-10-16(13)21-15(4-2)17(18)20/h6-7,10,14-15,19H,3-5,8-9,11H2,1-2H3,(H2,18,20). The van der Waals surface area contributed by atoms with E-state index in [1.165, 1.54) is 11.1 Å². The number of benzene rings is 1. The molecule has 0 spiro atoms. The third kappa shape index (κ3) is 3.76. The Morgan fingerprint density at radius 1 is 1.48 bits per heavy atom. The van der Waals surface area contributed by atoms with E-state index in [1.54, 1.807) is 0 Å². The largest absolute Gasteiger partial charge is 0.480 e. The van der Waals surface area contributed by atoms with Gasteiger partial charge in [0.15, 0.2) is 6.10 Å². The van der Waals surface area contributed by atoms with Crippen LogP contribution in [0.15, 0.2) is 18.2 Å². The van der Waals surface area contributed by atoms with E-state index in [2.05, 4.69) is 18.3 Å². The molecule has 2 rings (SSSR count). The van der Waals surface area contributed by atoms with E-state index in [0.717, 1.165) is 38.0 Å². The van der Waals surface area contributed by atoms with Crippen LogP contribution in [0.3, 0.4) is 0 Å². The van der Waals surface area contributed by atoms with Crippen LogP contribution in [0, 0.1) is 0 Å². The molecule has 0 aromatic heterocycles. The van der Waals surface area contributed by atoms with Crippen LogP contribution in [0.4, 0.5) is 0 Å². The van der Waals surface area contributed by atoms with Crippen LogP contribution in [0.2, 0.25) is 0 Å². The van der Waals surface area contributed by atoms with Gasteiger partial charge in [0.25, 0.3) is 5.91 Å². The Morgan fingerprint density at radius 2 is 2.29 bits per heavy atom. The molecular weight excluding hydrogens is 264 g/mol. The van der Waals surface area contributed by atoms with Gasteiger partial charge in [-0.05, 0) is 55.8 Å². The molecule has 3 N–H and O–H groups in total. The Bertz CT molecular complexity index is 488. The van der Waals surface area contributed by atoms with E-state index >= 15 is 0 Å². The number of hydrogen-bond donors (Lipinski definition) is 2. The molecule has 116 valence electrons. The van der Waals surface area contributed by atoms with Crippen LogP contribution < -0.4 is 15.8 Å². The number of amides is 1. The van der Waals surface area contributed by atoms with Gasteiger partial charge in [-0.25, -0.2) is 0 Å². The van der Waals surface area contributed by atoms with Crippen molar-refractivity contribution in [1.29, 1.82) is 0 Å². The first-order valence-corrected chi connectivity index (χ1v) is 7.98. The predicted molar refractivity (Wildman–Crippen MR) is 84.3 cm³/mol. The Kier molecular flexibility index (Phi) is 5.62. The molecule has 0 radical (unpaired) electrons. The van der Waals surface area contributed by atoms with Crippen LogP contribution in [0.5, 0.6) is 5.75 Å². The molecule has 0 aliphatic heterocycles. The summed E-state index contributed by atoms with van der Waals surface area (Å²) >= 11 is 0. The fraction of sp³-hybridized carbons (Fsp3) is 0.588. The summed E-state index contributed by atoms with van der Waals surface area (Å²) in [6.07, 6.45) is 4.48. The van der Waals surface area contributed by atoms with Gasteiger partial charge in [-0.2, -0.15) is 0 Å². The van der Waals surface area contributed by atoms with E-state index in [9.17, 15) is 4.79 Å². The Labute approximate surface area is 127 Å². The Hall–Kier alpha value is -1.55. The first-order chi connectivity index (χ1) is 10.2. The summed E-state index contributed by atoms with van der Waals surface area (Å²) in [6.45, 7) is 5.11. The number of carbonyl (C=O) groups excluding carboxylic acids is 1. The summed E-state index contributed by atoms with van der Waals surface area (Å²) < 4.78 is 5.87. The normalized spacial score (nSPS) is 18.9. The minimum Gasteiger partial charge on any atom is -0.480 e. The first kappa shape index (κ1) is 15.8. The molecule has 1 aliphatic carbocycles. The SMILES string of the molecule is CCCNC1CCCc2c(OC(CC)C(N)=O)cccc21. The topological polar surface area (TPSA) is 64.3 Å². The van der Waals surface area contributed by atoms with E-state index in [1.807, 2.05) is 19.1 Å². The van der Waals surface area contributed by atoms with Crippen molar-refractivity contribution in [2.75, 3.05) is 6.54 Å². The highest BCUT2D eigenvalue weighted by molar-refractivity contribution is 5.79. The summed E-state index contributed by atoms with van der Waals surface area (Å²) in [5, 5.41) is 3.60. The highest BCUT2D eigenvalue weighted by Crippen LogP contribution is 2.35. The fourth-order valence-corrected chi connectivity index (χ4v) is 2.95. The average Bonchev–Trinajstić information content (AvgIpc) is 2.50. The van der Waals surface area contributed by atoms with Crippen molar-refractivity contribution in [3.63, 3.8) is 0 Å². The molecule has 2 atom stereocenters. The van der Waals surface area contributed by atoms with E-state index in [4.69, 9.17) is 10.5 Å². The van der Waals surface area contributed by atoms with Crippen molar-refractivity contribution < 1.29 is 9.53 Å². The molecule has 0 fully saturated rings. The lowest BCUT2D eigenvalue weighted by Gasteiger charge is -2.28. The van der Waals surface area contributed by atoms with Gasteiger partial charge in [0, 0.05) is 6.04 Å². The highest BCUT2D eigenvalue weighted by Gasteiger charge is 2.24. The maximum atomic E-state index is 11.4. The van der Waals surface area contributed by atoms with Crippen molar-refractivity contribution in [2.45, 2.75) is 58.1 Å². The van der Waals surface area contributed by atoms with Crippen molar-refractivity contribution in [1.82, 2.24) is 5.32 Å². The summed E-state index contributed by atoms with van der Waals surface area (Å²) in [5.41, 5.74) is 7.93. The van der Waals surface area contributed by atoms with Crippen LogP contribution in [-0.2, 0) is 11.2 Å². The third-order valence-electron chi connectivity index (χ3n) is 4.06. The van der Waals surface area contributed by atoms with Gasteiger partial charge in [0.1, 0.15) is 5.75 Å². The van der Waals surface area contributed by atoms with Gasteiger partial charge < -0.3 is 15.8 Å². The summed E-state index contributed by atoms with van der Waals surface area (Å²) in [7, 11) is 0. The average molecular weight is 290 g/mol. The molecule has 4 heteroatoms. The number of hydrogen-bond acceptors (Lipinski definition) is 3. The van der Waals surface area contributed by atoms with E-state index in [-0.39, 0.29) is 0 Å². The zero-order valence-electron chi connectivity index (χ0n) is 13.0. The molecule has 1 aromatic carbocycles. The zero-order chi connectivity index (χ0) is 15.2. The summed E-state index contributed by atoms with van der Waals surface area (Å²) in [5.74, 6) is 0.424. The molecule has 21 heavy (non-hydrogen) atoms. The zero-order valence-corrected chi connectivity index (χ0v) is 13.0. The number of rotatable bonds is 7. The number of carbonyl (C=O) groups is 1. The molecule has 1 aliphatic rings. The Balaban J connectivity index is 2.23. The smallest absolute Gasteiger partial charge is 0.258 e. The van der Waals surface area contributed by atoms with Crippen molar-refractivity contribution in [3.8, 4) is 5.75 Å². The lowest BCUT2D eigenvalue weighted by molar-refractivity contribution is -0.124. The van der Waals surface area contributed by atoms with Crippen LogP contribution >= 0.6 is 0 Å². The summed E-state index contributed by atoms with van der Waals surface area (Å²) in [4.78, 5) is 11.4. The molecule has 4 nitrogen and oxygen atoms in total. The van der Waals surface area contributed by atoms with Crippen LogP contribution in [0.1, 0.15) is 56.7 Å². The second-order valence-electron chi connectivity index (χ2n) is 5.64. The molecular formula is C17H26N2O2. The van der Waals surface area contributed by atoms with Crippen LogP contribution in [-0.4, -0.2) is 18.6 Å². The minimum absolute atomic E-state index is 0.394. The first-order valence-electron chi connectivity index (χ1n) is 7.98. The number of nitrogens with two attached hydrogens (primary N) is 1. The van der Waals surface area contributed by atoms with E-state index in [0.29, 0.717) is 12.5 Å². The van der Waals surface area contributed by atoms with Crippen molar-refractivity contribution in [3.05, 3.63) is 29.3 Å². The van der Waals surface area contributed by atoms with E-state index < -0.39 is 12.0 Å². The molecule has 1 aromatic rings. The lowest BCUT2D eigenvalue weighted by Crippen LogP contribution is -2.33. The molecule has 0 saturated carbocycles. The minimum atomic E-state index is -0.541. The number of primary amides is 1. The predicted octanol–water partition coefficient (Wildman–Crippen LogP) is 2.71. The molecule has 0 bridgehead atoms. The monoisotopic (exact) mass is 290 g/mol. The van der Waals surface area contributed by atoms with Crippen LogP contribution in [0.25, 0.3) is 0 Å². The Morgan fingerprint density at radius 3 is 2.95 bits per heavy atom. The van der Waals surface area contributed by atoms with Gasteiger partial charge in [-0.1, -0.05) is 26.0 Å². The highest BCUT2D eigenvalue weighted by atomic mass is 16.5. The maximum Gasteiger partial charge on any atom is 0.258 e. The van der Waals surface area contributed by atoms with Gasteiger partial charge in [0.2, 0.25) is 0 Å². The molecule has 0 saturated heterocycles. The van der Waals surface area contributed by atoms with Gasteiger partial charge >= 0.3 is 0 Å². The van der Waals surface area contributed by atoms with Gasteiger partial charge in [-0.15, -0.1) is 0 Å².